The average molecular weight is 244 g/mol. The number of nitrogens with one attached hydrogen (secondary N) is 2. The Morgan fingerprint density at radius 1 is 1.19 bits per heavy atom. The predicted octanol–water partition coefficient (Wildman–Crippen LogP) is 1.96. The van der Waals surface area contributed by atoms with E-state index in [0.717, 1.165) is 19.7 Å². The van der Waals surface area contributed by atoms with Gasteiger partial charge < -0.3 is 15.1 Å². The smallest absolute Gasteiger partial charge is 0.192 e. The minimum absolute atomic E-state index is 0.308. The summed E-state index contributed by atoms with van der Waals surface area (Å²) in [5.41, 5.74) is 0. The Morgan fingerprint density at radius 3 is 2.25 bits per heavy atom. The van der Waals surface area contributed by atoms with Gasteiger partial charge in [0.25, 0.3) is 0 Å². The molecule has 1 fully saturated rings. The van der Waals surface area contributed by atoms with Crippen molar-refractivity contribution < 1.29 is 4.43 Å². The van der Waals surface area contributed by atoms with E-state index in [1.165, 1.54) is 0 Å². The van der Waals surface area contributed by atoms with Crippen LogP contribution in [-0.4, -0.2) is 40.1 Å². The van der Waals surface area contributed by atoms with Crippen LogP contribution in [0.4, 0.5) is 0 Å². The number of hydrogen-bond acceptors (Lipinski definition) is 3. The first-order chi connectivity index (χ1) is 7.22. The van der Waals surface area contributed by atoms with E-state index >= 15 is 0 Å². The Morgan fingerprint density at radius 2 is 1.81 bits per heavy atom. The van der Waals surface area contributed by atoms with E-state index in [-0.39, 0.29) is 0 Å². The highest BCUT2D eigenvalue weighted by atomic mass is 28.4. The molecule has 2 N–H and O–H groups in total. The lowest BCUT2D eigenvalue weighted by Crippen LogP contribution is -2.56. The fourth-order valence-corrected chi connectivity index (χ4v) is 2.53. The van der Waals surface area contributed by atoms with Gasteiger partial charge in [-0.15, -0.1) is 0 Å². The van der Waals surface area contributed by atoms with Gasteiger partial charge in [0, 0.05) is 25.2 Å². The lowest BCUT2D eigenvalue weighted by atomic mass is 10.2. The van der Waals surface area contributed by atoms with Crippen LogP contribution in [0.5, 0.6) is 0 Å². The minimum Gasteiger partial charge on any atom is -0.415 e. The fraction of sp³-hybridized carbons (Fsp3) is 1.00. The van der Waals surface area contributed by atoms with Crippen LogP contribution in [0.2, 0.25) is 18.1 Å². The summed E-state index contributed by atoms with van der Waals surface area (Å²) >= 11 is 0. The summed E-state index contributed by atoms with van der Waals surface area (Å²) < 4.78 is 6.21. The van der Waals surface area contributed by atoms with Gasteiger partial charge >= 0.3 is 0 Å². The molecule has 0 bridgehead atoms. The van der Waals surface area contributed by atoms with E-state index in [0.29, 0.717) is 17.1 Å². The van der Waals surface area contributed by atoms with Crippen molar-refractivity contribution in [2.75, 3.05) is 19.7 Å². The van der Waals surface area contributed by atoms with Gasteiger partial charge in [-0.1, -0.05) is 20.8 Å². The second kappa shape index (κ2) is 5.17. The molecule has 1 aliphatic rings. The maximum absolute atomic E-state index is 6.21. The molecule has 2 atom stereocenters. The molecule has 16 heavy (non-hydrogen) atoms. The summed E-state index contributed by atoms with van der Waals surface area (Å²) in [7, 11) is -1.57. The first-order valence-electron chi connectivity index (χ1n) is 6.33. The van der Waals surface area contributed by atoms with Crippen LogP contribution in [0.15, 0.2) is 0 Å². The van der Waals surface area contributed by atoms with Crippen molar-refractivity contribution in [3.8, 4) is 0 Å². The highest BCUT2D eigenvalue weighted by Crippen LogP contribution is 2.36. The second-order valence-electron chi connectivity index (χ2n) is 6.49. The van der Waals surface area contributed by atoms with Crippen LogP contribution in [0.3, 0.4) is 0 Å². The standard InChI is InChI=1S/C12H28N2OSi/c1-10-7-14-11(8-13-10)9-15-16(5,6)12(2,3)4/h10-11,13-14H,7-9H2,1-6H3/t10-,11-/m1/s1. The van der Waals surface area contributed by atoms with E-state index < -0.39 is 8.32 Å². The maximum Gasteiger partial charge on any atom is 0.192 e. The van der Waals surface area contributed by atoms with Crippen molar-refractivity contribution in [3.63, 3.8) is 0 Å². The van der Waals surface area contributed by atoms with Crippen molar-refractivity contribution in [3.05, 3.63) is 0 Å². The summed E-state index contributed by atoms with van der Waals surface area (Å²) in [5, 5.41) is 7.32. The summed E-state index contributed by atoms with van der Waals surface area (Å²) in [5.74, 6) is 0. The molecule has 1 rings (SSSR count). The Kier molecular flexibility index (Phi) is 4.57. The van der Waals surface area contributed by atoms with Gasteiger partial charge in [-0.25, -0.2) is 0 Å². The zero-order valence-electron chi connectivity index (χ0n) is 11.7. The van der Waals surface area contributed by atoms with Gasteiger partial charge in [-0.05, 0) is 25.1 Å². The molecule has 0 unspecified atom stereocenters. The Balaban J connectivity index is 2.34. The van der Waals surface area contributed by atoms with E-state index in [4.69, 9.17) is 4.43 Å². The highest BCUT2D eigenvalue weighted by molar-refractivity contribution is 6.74. The van der Waals surface area contributed by atoms with Gasteiger partial charge in [0.2, 0.25) is 0 Å². The lowest BCUT2D eigenvalue weighted by Gasteiger charge is -2.38. The van der Waals surface area contributed by atoms with E-state index in [1.54, 1.807) is 0 Å². The molecule has 0 radical (unpaired) electrons. The number of hydrogen-bond donors (Lipinski definition) is 2. The first kappa shape index (κ1) is 14.2. The third kappa shape index (κ3) is 3.84. The third-order valence-corrected chi connectivity index (χ3v) is 8.38. The van der Waals surface area contributed by atoms with E-state index in [9.17, 15) is 0 Å². The Bertz CT molecular complexity index is 218. The molecule has 0 aromatic carbocycles. The van der Waals surface area contributed by atoms with Crippen molar-refractivity contribution in [1.29, 1.82) is 0 Å². The molecule has 3 nitrogen and oxygen atoms in total. The normalized spacial score (nSPS) is 28.1. The van der Waals surface area contributed by atoms with Gasteiger partial charge in [0.1, 0.15) is 0 Å². The van der Waals surface area contributed by atoms with Crippen LogP contribution in [0.1, 0.15) is 27.7 Å². The van der Waals surface area contributed by atoms with Crippen LogP contribution < -0.4 is 10.6 Å². The summed E-state index contributed by atoms with van der Waals surface area (Å²) in [6, 6.07) is 1.06. The molecule has 1 heterocycles. The molecule has 0 spiro atoms. The number of piperazine rings is 1. The maximum atomic E-state index is 6.21. The van der Waals surface area contributed by atoms with Crippen LogP contribution >= 0.6 is 0 Å². The molecule has 1 saturated heterocycles. The lowest BCUT2D eigenvalue weighted by molar-refractivity contribution is 0.217. The molecule has 4 heteroatoms. The fourth-order valence-electron chi connectivity index (χ4n) is 1.47. The van der Waals surface area contributed by atoms with E-state index in [2.05, 4.69) is 51.4 Å². The van der Waals surface area contributed by atoms with Crippen molar-refractivity contribution in [2.24, 2.45) is 0 Å². The largest absolute Gasteiger partial charge is 0.415 e. The SMILES string of the molecule is C[C@@H]1CN[C@@H](CO[Si](C)(C)C(C)(C)C)CN1. The average Bonchev–Trinajstić information content (AvgIpc) is 2.15. The zero-order valence-corrected chi connectivity index (χ0v) is 12.7. The topological polar surface area (TPSA) is 33.3 Å². The van der Waals surface area contributed by atoms with Crippen molar-refractivity contribution >= 4 is 8.32 Å². The molecule has 1 aliphatic heterocycles. The van der Waals surface area contributed by atoms with Crippen molar-refractivity contribution in [1.82, 2.24) is 10.6 Å². The summed E-state index contributed by atoms with van der Waals surface area (Å²) in [6.07, 6.45) is 0. The third-order valence-electron chi connectivity index (χ3n) is 3.88. The monoisotopic (exact) mass is 244 g/mol. The second-order valence-corrected chi connectivity index (χ2v) is 11.3. The van der Waals surface area contributed by atoms with Gasteiger partial charge in [-0.2, -0.15) is 0 Å². The summed E-state index contributed by atoms with van der Waals surface area (Å²) in [4.78, 5) is 0. The molecule has 0 aromatic heterocycles. The first-order valence-corrected chi connectivity index (χ1v) is 9.24. The highest BCUT2D eigenvalue weighted by Gasteiger charge is 2.37. The van der Waals surface area contributed by atoms with Crippen LogP contribution in [0, 0.1) is 0 Å². The quantitative estimate of drug-likeness (QED) is 0.745. The molecule has 0 amide bonds. The van der Waals surface area contributed by atoms with Gasteiger partial charge in [-0.3, -0.25) is 0 Å². The van der Waals surface area contributed by atoms with Crippen LogP contribution in [-0.2, 0) is 4.43 Å². The van der Waals surface area contributed by atoms with Gasteiger partial charge in [0.15, 0.2) is 8.32 Å². The Labute approximate surface area is 101 Å². The molecular weight excluding hydrogens is 216 g/mol. The van der Waals surface area contributed by atoms with E-state index in [1.807, 2.05) is 0 Å². The molecule has 0 saturated carbocycles. The molecular formula is C12H28N2OSi. The minimum atomic E-state index is -1.57. The van der Waals surface area contributed by atoms with Crippen molar-refractivity contribution in [2.45, 2.75) is 57.9 Å². The molecule has 0 aromatic rings. The Hall–Kier alpha value is 0.0969. The zero-order chi connectivity index (χ0) is 12.4. The molecule has 0 aliphatic carbocycles. The van der Waals surface area contributed by atoms with Crippen LogP contribution in [0.25, 0.3) is 0 Å². The predicted molar refractivity (Wildman–Crippen MR) is 72.4 cm³/mol. The number of rotatable bonds is 3. The molecule has 96 valence electrons. The summed E-state index contributed by atoms with van der Waals surface area (Å²) in [6.45, 7) is 16.6. The van der Waals surface area contributed by atoms with Gasteiger partial charge in [0.05, 0.1) is 6.61 Å².